The lowest BCUT2D eigenvalue weighted by Gasteiger charge is -2.23. The molecule has 1 heterocycles. The van der Waals surface area contributed by atoms with E-state index in [9.17, 15) is 0 Å². The molecule has 152 valence electrons. The second kappa shape index (κ2) is 6.37. The molecule has 1 aliphatic heterocycles. The van der Waals surface area contributed by atoms with Gasteiger partial charge < -0.3 is 0 Å². The zero-order valence-corrected chi connectivity index (χ0v) is 19.0. The molecule has 5 aromatic rings. The van der Waals surface area contributed by atoms with E-state index in [-0.39, 0.29) is 5.41 Å². The third-order valence-electron chi connectivity index (χ3n) is 7.25. The van der Waals surface area contributed by atoms with E-state index in [2.05, 4.69) is 111 Å². The van der Waals surface area contributed by atoms with E-state index in [1.165, 1.54) is 65.1 Å². The highest BCUT2D eigenvalue weighted by molar-refractivity contribution is 7.99. The van der Waals surface area contributed by atoms with Crippen LogP contribution in [-0.2, 0) is 5.41 Å². The summed E-state index contributed by atoms with van der Waals surface area (Å²) in [6.45, 7) is 4.70. The van der Waals surface area contributed by atoms with E-state index in [1.54, 1.807) is 0 Å². The molecule has 0 spiro atoms. The Kier molecular flexibility index (Phi) is 3.64. The van der Waals surface area contributed by atoms with Crippen LogP contribution in [0.4, 0.5) is 0 Å². The Morgan fingerprint density at radius 1 is 0.531 bits per heavy atom. The second-order valence-corrected chi connectivity index (χ2v) is 10.5. The van der Waals surface area contributed by atoms with Crippen molar-refractivity contribution < 1.29 is 0 Å². The SMILES string of the molecule is CC1(C)c2ccccc2-c2ccc(-c3cc4c5c(cccc5c3)-c3ccccc3S4)cc21. The molecule has 7 rings (SSSR count). The lowest BCUT2D eigenvalue weighted by molar-refractivity contribution is 0.660. The van der Waals surface area contributed by atoms with Gasteiger partial charge in [0.2, 0.25) is 0 Å². The number of hydrogen-bond acceptors (Lipinski definition) is 1. The molecule has 2 aliphatic rings. The molecule has 0 fully saturated rings. The van der Waals surface area contributed by atoms with Gasteiger partial charge >= 0.3 is 0 Å². The van der Waals surface area contributed by atoms with Crippen LogP contribution in [0.25, 0.3) is 44.2 Å². The van der Waals surface area contributed by atoms with Crippen molar-refractivity contribution in [3.8, 4) is 33.4 Å². The Morgan fingerprint density at radius 3 is 2.19 bits per heavy atom. The molecule has 0 radical (unpaired) electrons. The van der Waals surface area contributed by atoms with Crippen LogP contribution < -0.4 is 0 Å². The first-order chi connectivity index (χ1) is 15.6. The molecule has 5 aromatic carbocycles. The molecule has 0 saturated carbocycles. The van der Waals surface area contributed by atoms with Crippen molar-refractivity contribution >= 4 is 22.5 Å². The van der Waals surface area contributed by atoms with Crippen molar-refractivity contribution in [1.29, 1.82) is 0 Å². The molecule has 0 atom stereocenters. The van der Waals surface area contributed by atoms with Gasteiger partial charge in [-0.1, -0.05) is 98.4 Å². The lowest BCUT2D eigenvalue weighted by Crippen LogP contribution is -2.14. The normalized spacial score (nSPS) is 14.7. The predicted molar refractivity (Wildman–Crippen MR) is 137 cm³/mol. The quantitative estimate of drug-likeness (QED) is 0.253. The topological polar surface area (TPSA) is 0 Å². The Bertz CT molecular complexity index is 1570. The zero-order valence-electron chi connectivity index (χ0n) is 18.1. The van der Waals surface area contributed by atoms with E-state index in [4.69, 9.17) is 0 Å². The number of fused-ring (bicyclic) bond motifs is 5. The Hall–Kier alpha value is -3.29. The standard InChI is InChI=1S/C31H22S/c1-31(2)26-12-5-3-9-22(26)23-15-14-19(17-27(23)31)21-16-20-8-7-11-25-24-10-4-6-13-28(24)32-29(18-21)30(20)25/h3-18H,1-2H3. The second-order valence-electron chi connectivity index (χ2n) is 9.41. The number of benzene rings is 5. The van der Waals surface area contributed by atoms with Crippen molar-refractivity contribution in [3.05, 3.63) is 108 Å². The summed E-state index contributed by atoms with van der Waals surface area (Å²) in [5.41, 5.74) is 10.9. The van der Waals surface area contributed by atoms with Gasteiger partial charge in [-0.25, -0.2) is 0 Å². The Balaban J connectivity index is 1.43. The monoisotopic (exact) mass is 426 g/mol. The van der Waals surface area contributed by atoms with Crippen LogP contribution in [0.2, 0.25) is 0 Å². The van der Waals surface area contributed by atoms with Crippen molar-refractivity contribution in [3.63, 3.8) is 0 Å². The van der Waals surface area contributed by atoms with Gasteiger partial charge in [-0.05, 0) is 74.2 Å². The first-order valence-electron chi connectivity index (χ1n) is 11.2. The zero-order chi connectivity index (χ0) is 21.4. The summed E-state index contributed by atoms with van der Waals surface area (Å²) in [5, 5.41) is 2.70. The van der Waals surface area contributed by atoms with Gasteiger partial charge in [0, 0.05) is 20.6 Å². The summed E-state index contributed by atoms with van der Waals surface area (Å²) in [6, 6.07) is 36.2. The van der Waals surface area contributed by atoms with E-state index < -0.39 is 0 Å². The van der Waals surface area contributed by atoms with Crippen LogP contribution in [0.15, 0.2) is 107 Å². The van der Waals surface area contributed by atoms with Crippen LogP contribution >= 0.6 is 11.8 Å². The van der Waals surface area contributed by atoms with Crippen LogP contribution in [0, 0.1) is 0 Å². The molecular weight excluding hydrogens is 404 g/mol. The van der Waals surface area contributed by atoms with Crippen molar-refractivity contribution in [2.24, 2.45) is 0 Å². The molecule has 0 amide bonds. The molecule has 0 nitrogen and oxygen atoms in total. The fraction of sp³-hybridized carbons (Fsp3) is 0.0968. The minimum Gasteiger partial charge on any atom is -0.0888 e. The number of hydrogen-bond donors (Lipinski definition) is 0. The minimum atomic E-state index is 0.0217. The van der Waals surface area contributed by atoms with E-state index in [0.29, 0.717) is 0 Å². The fourth-order valence-electron chi connectivity index (χ4n) is 5.64. The summed E-state index contributed by atoms with van der Waals surface area (Å²) in [4.78, 5) is 2.70. The van der Waals surface area contributed by atoms with Gasteiger partial charge in [-0.3, -0.25) is 0 Å². The van der Waals surface area contributed by atoms with E-state index >= 15 is 0 Å². The number of rotatable bonds is 1. The third-order valence-corrected chi connectivity index (χ3v) is 8.37. The summed E-state index contributed by atoms with van der Waals surface area (Å²) in [5.74, 6) is 0. The summed E-state index contributed by atoms with van der Waals surface area (Å²) < 4.78 is 0. The van der Waals surface area contributed by atoms with Gasteiger partial charge in [0.1, 0.15) is 0 Å². The predicted octanol–water partition coefficient (Wildman–Crippen LogP) is 8.94. The fourth-order valence-corrected chi connectivity index (χ4v) is 6.83. The smallest absolute Gasteiger partial charge is 0.0213 e. The van der Waals surface area contributed by atoms with Gasteiger partial charge in [0.15, 0.2) is 0 Å². The maximum absolute atomic E-state index is 2.43. The van der Waals surface area contributed by atoms with Crippen molar-refractivity contribution in [2.45, 2.75) is 29.1 Å². The average Bonchev–Trinajstić information content (AvgIpc) is 3.06. The molecule has 32 heavy (non-hydrogen) atoms. The molecule has 1 heteroatoms. The van der Waals surface area contributed by atoms with Crippen molar-refractivity contribution in [1.82, 2.24) is 0 Å². The largest absolute Gasteiger partial charge is 0.0888 e. The summed E-state index contributed by atoms with van der Waals surface area (Å²) in [7, 11) is 0. The van der Waals surface area contributed by atoms with Gasteiger partial charge in [-0.2, -0.15) is 0 Å². The molecule has 0 unspecified atom stereocenters. The maximum atomic E-state index is 2.43. The van der Waals surface area contributed by atoms with Crippen LogP contribution in [0.5, 0.6) is 0 Å². The minimum absolute atomic E-state index is 0.0217. The molecule has 0 N–H and O–H groups in total. The van der Waals surface area contributed by atoms with Crippen LogP contribution in [-0.4, -0.2) is 0 Å². The van der Waals surface area contributed by atoms with Crippen LogP contribution in [0.1, 0.15) is 25.0 Å². The van der Waals surface area contributed by atoms with Gasteiger partial charge in [-0.15, -0.1) is 0 Å². The maximum Gasteiger partial charge on any atom is 0.0213 e. The highest BCUT2D eigenvalue weighted by Crippen LogP contribution is 2.51. The highest BCUT2D eigenvalue weighted by Gasteiger charge is 2.35. The Morgan fingerprint density at radius 2 is 1.28 bits per heavy atom. The van der Waals surface area contributed by atoms with Gasteiger partial charge in [0.05, 0.1) is 0 Å². The Labute approximate surface area is 192 Å². The van der Waals surface area contributed by atoms with E-state index in [0.717, 1.165) is 0 Å². The average molecular weight is 427 g/mol. The van der Waals surface area contributed by atoms with Crippen molar-refractivity contribution in [2.75, 3.05) is 0 Å². The first kappa shape index (κ1) is 18.3. The van der Waals surface area contributed by atoms with E-state index in [1.807, 2.05) is 11.8 Å². The highest BCUT2D eigenvalue weighted by atomic mass is 32.2. The third kappa shape index (κ3) is 2.40. The first-order valence-corrected chi connectivity index (χ1v) is 12.0. The van der Waals surface area contributed by atoms with Gasteiger partial charge in [0.25, 0.3) is 0 Å². The lowest BCUT2D eigenvalue weighted by atomic mass is 9.81. The molecule has 1 aliphatic carbocycles. The molecule has 0 aromatic heterocycles. The molecule has 0 saturated heterocycles. The van der Waals surface area contributed by atoms with Crippen LogP contribution in [0.3, 0.4) is 0 Å². The molecular formula is C31H22S. The summed E-state index contributed by atoms with van der Waals surface area (Å²) >= 11 is 1.90. The summed E-state index contributed by atoms with van der Waals surface area (Å²) in [6.07, 6.45) is 0. The molecule has 0 bridgehead atoms.